The number of aliphatic hydroxyl groups excluding tert-OH is 1. The monoisotopic (exact) mass is 476 g/mol. The number of methoxy groups -OCH3 is 1. The zero-order valence-corrected chi connectivity index (χ0v) is 19.6. The van der Waals surface area contributed by atoms with Gasteiger partial charge in [-0.3, -0.25) is 24.8 Å². The highest BCUT2D eigenvalue weighted by molar-refractivity contribution is 6.19. The third-order valence-corrected chi connectivity index (χ3v) is 7.11. The summed E-state index contributed by atoms with van der Waals surface area (Å²) in [5, 5.41) is 23.9. The molecule has 2 aromatic rings. The van der Waals surface area contributed by atoms with Gasteiger partial charge in [-0.1, -0.05) is 6.07 Å². The number of aliphatic imine (C=N–C) groups is 1. The quantitative estimate of drug-likeness (QED) is 0.479. The van der Waals surface area contributed by atoms with Crippen LogP contribution in [0.2, 0.25) is 0 Å². The van der Waals surface area contributed by atoms with Gasteiger partial charge in [0, 0.05) is 18.7 Å². The first-order chi connectivity index (χ1) is 17.0. The van der Waals surface area contributed by atoms with Crippen LogP contribution in [0.15, 0.2) is 47.5 Å². The number of anilines is 1. The summed E-state index contributed by atoms with van der Waals surface area (Å²) >= 11 is 0. The van der Waals surface area contributed by atoms with Crippen LogP contribution in [0, 0.1) is 16.0 Å². The molecule has 0 spiro atoms. The number of nitrogens with one attached hydrogen (secondary N) is 1. The topological polar surface area (TPSA) is 117 Å². The lowest BCUT2D eigenvalue weighted by atomic mass is 9.84. The average molecular weight is 477 g/mol. The lowest BCUT2D eigenvalue weighted by molar-refractivity contribution is -0.385. The van der Waals surface area contributed by atoms with Crippen LogP contribution in [0.5, 0.6) is 5.75 Å². The number of fused-ring (bicyclic) bond motifs is 2. The maximum absolute atomic E-state index is 13.1. The number of likely N-dealkylation sites (tertiary alicyclic amines) is 1. The molecule has 0 saturated carbocycles. The molecule has 1 amide bonds. The van der Waals surface area contributed by atoms with Crippen LogP contribution >= 0.6 is 0 Å². The van der Waals surface area contributed by atoms with Crippen molar-refractivity contribution in [3.63, 3.8) is 0 Å². The second kappa shape index (κ2) is 9.59. The van der Waals surface area contributed by atoms with Gasteiger partial charge in [0.05, 0.1) is 41.6 Å². The van der Waals surface area contributed by atoms with Crippen molar-refractivity contribution in [1.82, 2.24) is 4.90 Å². The maximum Gasteiger partial charge on any atom is 0.310 e. The highest BCUT2D eigenvalue weighted by Crippen LogP contribution is 2.38. The zero-order valence-electron chi connectivity index (χ0n) is 19.6. The maximum atomic E-state index is 13.1. The largest absolute Gasteiger partial charge is 0.490 e. The Morgan fingerprint density at radius 1 is 1.26 bits per heavy atom. The first kappa shape index (κ1) is 23.2. The van der Waals surface area contributed by atoms with E-state index in [2.05, 4.69) is 10.2 Å². The number of carbonyl (C=O) groups excluding carboxylic acids is 1. The fourth-order valence-electron chi connectivity index (χ4n) is 5.21. The predicted octanol–water partition coefficient (Wildman–Crippen LogP) is 4.08. The van der Waals surface area contributed by atoms with Gasteiger partial charge in [-0.05, 0) is 79.3 Å². The third-order valence-electron chi connectivity index (χ3n) is 7.11. The summed E-state index contributed by atoms with van der Waals surface area (Å²) < 4.78 is 5.22. The van der Waals surface area contributed by atoms with Gasteiger partial charge in [-0.2, -0.15) is 0 Å². The predicted molar refractivity (Wildman–Crippen MR) is 133 cm³/mol. The Bertz CT molecular complexity index is 1240. The van der Waals surface area contributed by atoms with Crippen molar-refractivity contribution in [3.8, 4) is 5.75 Å². The standard InChI is InChI=1S/C26H28N4O5/c1-35-25-13-18(6-9-24(25)30(33)34)17-5-7-20-22(12-17)27-21-8-4-16(11-23(21)28-26(20)32)14-29-10-2-3-19(29)15-31/h4,6,8-9,11-13,19-20,31H,2-3,5,7,10,14-15H2,1H3,(H,28,32)/t19-,20?/m1/s1. The molecule has 1 aliphatic carbocycles. The van der Waals surface area contributed by atoms with E-state index in [0.717, 1.165) is 42.6 Å². The summed E-state index contributed by atoms with van der Waals surface area (Å²) in [6.07, 6.45) is 5.26. The van der Waals surface area contributed by atoms with Gasteiger partial charge in [-0.25, -0.2) is 0 Å². The number of hydrogen-bond donors (Lipinski definition) is 2. The minimum absolute atomic E-state index is 0.0781. The fourth-order valence-corrected chi connectivity index (χ4v) is 5.21. The summed E-state index contributed by atoms with van der Waals surface area (Å²) in [6.45, 7) is 1.84. The second-order valence-corrected chi connectivity index (χ2v) is 9.23. The van der Waals surface area contributed by atoms with E-state index in [-0.39, 0.29) is 35.9 Å². The molecule has 1 unspecified atom stereocenters. The first-order valence-corrected chi connectivity index (χ1v) is 11.9. The molecule has 2 N–H and O–H groups in total. The number of amides is 1. The smallest absolute Gasteiger partial charge is 0.310 e. The number of aliphatic hydroxyl groups is 1. The minimum Gasteiger partial charge on any atom is -0.490 e. The number of hydrogen-bond acceptors (Lipinski definition) is 7. The van der Waals surface area contributed by atoms with Crippen LogP contribution in [0.3, 0.4) is 0 Å². The molecule has 2 aromatic carbocycles. The van der Waals surface area contributed by atoms with Crippen molar-refractivity contribution in [1.29, 1.82) is 0 Å². The van der Waals surface area contributed by atoms with E-state index in [4.69, 9.17) is 9.73 Å². The van der Waals surface area contributed by atoms with Gasteiger partial charge in [0.25, 0.3) is 0 Å². The van der Waals surface area contributed by atoms with Gasteiger partial charge in [0.15, 0.2) is 5.75 Å². The normalized spacial score (nSPS) is 21.8. The number of ether oxygens (including phenoxy) is 1. The fraction of sp³-hybridized carbons (Fsp3) is 0.385. The van der Waals surface area contributed by atoms with Crippen LogP contribution in [0.4, 0.5) is 17.1 Å². The minimum atomic E-state index is -0.466. The number of nitro groups is 1. The van der Waals surface area contributed by atoms with Crippen molar-refractivity contribution < 1.29 is 19.6 Å². The molecule has 0 bridgehead atoms. The number of benzene rings is 2. The van der Waals surface area contributed by atoms with Crippen molar-refractivity contribution in [2.24, 2.45) is 10.9 Å². The molecule has 9 heteroatoms. The number of nitrogens with zero attached hydrogens (tertiary/aromatic N) is 3. The van der Waals surface area contributed by atoms with Crippen LogP contribution in [0.25, 0.3) is 5.57 Å². The molecule has 2 heterocycles. The highest BCUT2D eigenvalue weighted by Gasteiger charge is 2.31. The highest BCUT2D eigenvalue weighted by atomic mass is 16.6. The van der Waals surface area contributed by atoms with E-state index in [9.17, 15) is 20.0 Å². The number of carbonyl (C=O) groups is 1. The van der Waals surface area contributed by atoms with Crippen LogP contribution in [-0.4, -0.2) is 52.9 Å². The number of allylic oxidation sites excluding steroid dienone is 2. The molecule has 2 aliphatic heterocycles. The van der Waals surface area contributed by atoms with Gasteiger partial charge in [-0.15, -0.1) is 0 Å². The van der Waals surface area contributed by atoms with Gasteiger partial charge in [0.2, 0.25) is 5.91 Å². The molecule has 2 atom stereocenters. The average Bonchev–Trinajstić information content (AvgIpc) is 3.26. The summed E-state index contributed by atoms with van der Waals surface area (Å²) in [5.74, 6) is -0.229. The molecular formula is C26H28N4O5. The molecule has 182 valence electrons. The molecule has 1 saturated heterocycles. The van der Waals surface area contributed by atoms with Crippen molar-refractivity contribution in [2.75, 3.05) is 25.6 Å². The molecular weight excluding hydrogens is 448 g/mol. The van der Waals surface area contributed by atoms with E-state index in [1.807, 2.05) is 24.3 Å². The molecule has 0 aromatic heterocycles. The van der Waals surface area contributed by atoms with E-state index in [1.54, 1.807) is 12.1 Å². The Balaban J connectivity index is 1.44. The SMILES string of the molecule is COc1cc(C2=CC3=Nc4ccc(CN5CCC[C@@H]5CO)cc4NC(=O)C3CC2)ccc1[N+](=O)[O-]. The van der Waals surface area contributed by atoms with Crippen LogP contribution in [0.1, 0.15) is 36.8 Å². The van der Waals surface area contributed by atoms with E-state index in [0.29, 0.717) is 29.9 Å². The Morgan fingerprint density at radius 3 is 2.89 bits per heavy atom. The summed E-state index contributed by atoms with van der Waals surface area (Å²) in [7, 11) is 1.41. The molecule has 35 heavy (non-hydrogen) atoms. The summed E-state index contributed by atoms with van der Waals surface area (Å²) in [6, 6.07) is 10.9. The third kappa shape index (κ3) is 4.56. The number of rotatable bonds is 6. The Labute approximate surface area is 203 Å². The van der Waals surface area contributed by atoms with E-state index < -0.39 is 4.92 Å². The zero-order chi connectivity index (χ0) is 24.5. The van der Waals surface area contributed by atoms with Gasteiger partial charge in [0.1, 0.15) is 0 Å². The lowest BCUT2D eigenvalue weighted by Gasteiger charge is -2.23. The molecule has 3 aliphatic rings. The summed E-state index contributed by atoms with van der Waals surface area (Å²) in [5.41, 5.74) is 4.86. The van der Waals surface area contributed by atoms with Crippen LogP contribution in [-0.2, 0) is 11.3 Å². The first-order valence-electron chi connectivity index (χ1n) is 11.9. The Morgan fingerprint density at radius 2 is 2.11 bits per heavy atom. The van der Waals surface area contributed by atoms with Gasteiger partial charge >= 0.3 is 5.69 Å². The summed E-state index contributed by atoms with van der Waals surface area (Å²) in [4.78, 5) is 31.0. The van der Waals surface area contributed by atoms with E-state index in [1.165, 1.54) is 13.2 Å². The number of nitro benzene ring substituents is 1. The van der Waals surface area contributed by atoms with Crippen molar-refractivity contribution in [2.45, 2.75) is 38.3 Å². The Hall–Kier alpha value is -3.56. The van der Waals surface area contributed by atoms with Crippen molar-refractivity contribution in [3.05, 3.63) is 63.7 Å². The molecule has 0 radical (unpaired) electrons. The Kier molecular flexibility index (Phi) is 6.36. The second-order valence-electron chi connectivity index (χ2n) is 9.23. The van der Waals surface area contributed by atoms with Crippen molar-refractivity contribution >= 4 is 34.3 Å². The lowest BCUT2D eigenvalue weighted by Crippen LogP contribution is -2.31. The molecule has 1 fully saturated rings. The molecule has 9 nitrogen and oxygen atoms in total. The van der Waals surface area contributed by atoms with E-state index >= 15 is 0 Å². The van der Waals surface area contributed by atoms with Crippen LogP contribution < -0.4 is 10.1 Å². The van der Waals surface area contributed by atoms with Gasteiger partial charge < -0.3 is 15.2 Å². The molecule has 5 rings (SSSR count).